The molecule has 0 heterocycles. The van der Waals surface area contributed by atoms with Crippen LogP contribution in [0.2, 0.25) is 0 Å². The first-order valence-corrected chi connectivity index (χ1v) is 5.46. The van der Waals surface area contributed by atoms with Gasteiger partial charge in [0.25, 0.3) is 0 Å². The third kappa shape index (κ3) is 4.30. The van der Waals surface area contributed by atoms with E-state index in [-0.39, 0.29) is 5.92 Å². The maximum absolute atomic E-state index is 11.8. The summed E-state index contributed by atoms with van der Waals surface area (Å²) >= 11 is 0. The topological polar surface area (TPSA) is 20.3 Å². The Hall–Kier alpha value is -0.530. The fraction of sp³-hybridized carbons (Fsp3) is 0.909. The molecule has 0 aliphatic heterocycles. The van der Waals surface area contributed by atoms with Crippen molar-refractivity contribution in [3.8, 4) is 0 Å². The van der Waals surface area contributed by atoms with Gasteiger partial charge < -0.3 is 4.90 Å². The molecule has 0 fully saturated rings. The van der Waals surface area contributed by atoms with E-state index in [1.54, 1.807) is 0 Å². The van der Waals surface area contributed by atoms with Gasteiger partial charge in [0.1, 0.15) is 0 Å². The van der Waals surface area contributed by atoms with Gasteiger partial charge in [-0.05, 0) is 19.3 Å². The summed E-state index contributed by atoms with van der Waals surface area (Å²) in [6.45, 7) is 10.1. The summed E-state index contributed by atoms with van der Waals surface area (Å²) in [4.78, 5) is 13.8. The number of amides is 1. The second-order valence-corrected chi connectivity index (χ2v) is 3.63. The zero-order valence-electron chi connectivity index (χ0n) is 9.47. The van der Waals surface area contributed by atoms with E-state index >= 15 is 0 Å². The Labute approximate surface area is 82.3 Å². The Morgan fingerprint density at radius 2 is 1.62 bits per heavy atom. The Morgan fingerprint density at radius 1 is 1.15 bits per heavy atom. The van der Waals surface area contributed by atoms with E-state index in [9.17, 15) is 4.79 Å². The largest absolute Gasteiger partial charge is 0.342 e. The predicted octanol–water partition coefficient (Wildman–Crippen LogP) is 2.68. The summed E-state index contributed by atoms with van der Waals surface area (Å²) in [5.74, 6) is 0.518. The lowest BCUT2D eigenvalue weighted by atomic mass is 10.1. The highest BCUT2D eigenvalue weighted by Gasteiger charge is 2.16. The first kappa shape index (κ1) is 12.5. The van der Waals surface area contributed by atoms with Crippen LogP contribution in [0.25, 0.3) is 0 Å². The van der Waals surface area contributed by atoms with Crippen molar-refractivity contribution in [3.05, 3.63) is 0 Å². The normalized spacial score (nSPS) is 12.6. The molecule has 1 atom stereocenters. The number of hydrogen-bond acceptors (Lipinski definition) is 1. The zero-order valence-corrected chi connectivity index (χ0v) is 9.47. The molecule has 0 spiro atoms. The van der Waals surface area contributed by atoms with Crippen LogP contribution in [0.5, 0.6) is 0 Å². The summed E-state index contributed by atoms with van der Waals surface area (Å²) in [5, 5.41) is 0. The Kier molecular flexibility index (Phi) is 6.65. The third-order valence-corrected chi connectivity index (χ3v) is 2.33. The van der Waals surface area contributed by atoms with E-state index < -0.39 is 0 Å². The first-order valence-electron chi connectivity index (χ1n) is 5.46. The zero-order chi connectivity index (χ0) is 10.3. The van der Waals surface area contributed by atoms with Crippen molar-refractivity contribution in [1.82, 2.24) is 4.90 Å². The fourth-order valence-electron chi connectivity index (χ4n) is 1.36. The molecule has 0 radical (unpaired) electrons. The van der Waals surface area contributed by atoms with Gasteiger partial charge in [-0.3, -0.25) is 4.79 Å². The molecule has 2 heteroatoms. The van der Waals surface area contributed by atoms with Crippen molar-refractivity contribution in [3.63, 3.8) is 0 Å². The van der Waals surface area contributed by atoms with Crippen molar-refractivity contribution in [2.75, 3.05) is 13.1 Å². The van der Waals surface area contributed by atoms with E-state index in [2.05, 4.69) is 20.8 Å². The molecule has 0 aliphatic carbocycles. The van der Waals surface area contributed by atoms with Crippen LogP contribution < -0.4 is 0 Å². The maximum atomic E-state index is 11.8. The molecule has 0 rings (SSSR count). The molecule has 0 aromatic heterocycles. The molecule has 78 valence electrons. The van der Waals surface area contributed by atoms with Crippen LogP contribution >= 0.6 is 0 Å². The van der Waals surface area contributed by atoms with Crippen molar-refractivity contribution in [2.24, 2.45) is 5.92 Å². The van der Waals surface area contributed by atoms with Crippen LogP contribution in [0.3, 0.4) is 0 Å². The lowest BCUT2D eigenvalue weighted by Gasteiger charge is -2.24. The molecule has 0 aromatic rings. The second kappa shape index (κ2) is 6.93. The second-order valence-electron chi connectivity index (χ2n) is 3.63. The van der Waals surface area contributed by atoms with Crippen LogP contribution in [0.1, 0.15) is 47.0 Å². The smallest absolute Gasteiger partial charge is 0.225 e. The standard InChI is InChI=1S/C11H23NO/c1-5-8-12(9-6-2)11(13)10(4)7-3/h10H,5-9H2,1-4H3/t10-/m0/s1. The monoisotopic (exact) mass is 185 g/mol. The van der Waals surface area contributed by atoms with Gasteiger partial charge in [0, 0.05) is 19.0 Å². The van der Waals surface area contributed by atoms with Gasteiger partial charge in [-0.25, -0.2) is 0 Å². The molecule has 13 heavy (non-hydrogen) atoms. The molecule has 0 bridgehead atoms. The Bertz CT molecular complexity index is 139. The van der Waals surface area contributed by atoms with Crippen molar-refractivity contribution in [1.29, 1.82) is 0 Å². The minimum Gasteiger partial charge on any atom is -0.342 e. The molecule has 0 unspecified atom stereocenters. The summed E-state index contributed by atoms with van der Waals surface area (Å²) in [7, 11) is 0. The maximum Gasteiger partial charge on any atom is 0.225 e. The summed E-state index contributed by atoms with van der Waals surface area (Å²) in [5.41, 5.74) is 0. The Balaban J connectivity index is 4.09. The first-order chi connectivity index (χ1) is 6.17. The van der Waals surface area contributed by atoms with E-state index in [4.69, 9.17) is 0 Å². The van der Waals surface area contributed by atoms with Crippen LogP contribution in [0.15, 0.2) is 0 Å². The van der Waals surface area contributed by atoms with Crippen LogP contribution in [0.4, 0.5) is 0 Å². The van der Waals surface area contributed by atoms with Gasteiger partial charge in [0.05, 0.1) is 0 Å². The van der Waals surface area contributed by atoms with E-state index in [0.29, 0.717) is 5.91 Å². The SMILES string of the molecule is CCCN(CCC)C(=O)[C@@H](C)CC. The lowest BCUT2D eigenvalue weighted by molar-refractivity contribution is -0.135. The van der Waals surface area contributed by atoms with Crippen LogP contribution in [0, 0.1) is 5.92 Å². The van der Waals surface area contributed by atoms with Crippen LogP contribution in [-0.2, 0) is 4.79 Å². The molecule has 0 aromatic carbocycles. The Morgan fingerprint density at radius 3 is 1.92 bits per heavy atom. The van der Waals surface area contributed by atoms with Crippen molar-refractivity contribution in [2.45, 2.75) is 47.0 Å². The minimum atomic E-state index is 0.193. The molecular formula is C11H23NO. The highest BCUT2D eigenvalue weighted by molar-refractivity contribution is 5.78. The molecule has 1 amide bonds. The average molecular weight is 185 g/mol. The number of carbonyl (C=O) groups excluding carboxylic acids is 1. The highest BCUT2D eigenvalue weighted by Crippen LogP contribution is 2.07. The number of nitrogens with zero attached hydrogens (tertiary/aromatic N) is 1. The number of carbonyl (C=O) groups is 1. The van der Waals surface area contributed by atoms with Gasteiger partial charge in [-0.2, -0.15) is 0 Å². The predicted molar refractivity (Wildman–Crippen MR) is 56.6 cm³/mol. The molecule has 0 aliphatic rings. The van der Waals surface area contributed by atoms with E-state index in [1.165, 1.54) is 0 Å². The summed E-state index contributed by atoms with van der Waals surface area (Å²) in [6.07, 6.45) is 3.06. The average Bonchev–Trinajstić information content (AvgIpc) is 2.15. The van der Waals surface area contributed by atoms with Gasteiger partial charge >= 0.3 is 0 Å². The summed E-state index contributed by atoms with van der Waals surface area (Å²) < 4.78 is 0. The minimum absolute atomic E-state index is 0.193. The molecule has 0 saturated carbocycles. The van der Waals surface area contributed by atoms with E-state index in [1.807, 2.05) is 11.8 Å². The fourth-order valence-corrected chi connectivity index (χ4v) is 1.36. The van der Waals surface area contributed by atoms with Crippen molar-refractivity contribution < 1.29 is 4.79 Å². The highest BCUT2D eigenvalue weighted by atomic mass is 16.2. The number of hydrogen-bond donors (Lipinski definition) is 0. The summed E-state index contributed by atoms with van der Waals surface area (Å²) in [6, 6.07) is 0. The third-order valence-electron chi connectivity index (χ3n) is 2.33. The van der Waals surface area contributed by atoms with Crippen LogP contribution in [-0.4, -0.2) is 23.9 Å². The quantitative estimate of drug-likeness (QED) is 0.623. The lowest BCUT2D eigenvalue weighted by Crippen LogP contribution is -2.36. The molecule has 0 N–H and O–H groups in total. The van der Waals surface area contributed by atoms with E-state index in [0.717, 1.165) is 32.4 Å². The molecular weight excluding hydrogens is 162 g/mol. The van der Waals surface area contributed by atoms with Gasteiger partial charge in [0.2, 0.25) is 5.91 Å². The molecule has 0 saturated heterocycles. The van der Waals surface area contributed by atoms with Gasteiger partial charge in [-0.15, -0.1) is 0 Å². The van der Waals surface area contributed by atoms with Gasteiger partial charge in [-0.1, -0.05) is 27.7 Å². The molecule has 2 nitrogen and oxygen atoms in total. The van der Waals surface area contributed by atoms with Gasteiger partial charge in [0.15, 0.2) is 0 Å². The van der Waals surface area contributed by atoms with Crippen molar-refractivity contribution >= 4 is 5.91 Å². The number of rotatable bonds is 6.